The fourth-order valence-electron chi connectivity index (χ4n) is 4.08. The van der Waals surface area contributed by atoms with Crippen LogP contribution in [0.25, 0.3) is 10.8 Å². The third kappa shape index (κ3) is 5.24. The molecule has 3 nitrogen and oxygen atoms in total. The van der Waals surface area contributed by atoms with E-state index in [0.717, 1.165) is 23.4 Å². The lowest BCUT2D eigenvalue weighted by atomic mass is 9.97. The highest BCUT2D eigenvalue weighted by molar-refractivity contribution is 7.98. The minimum atomic E-state index is 0.622. The second-order valence-corrected chi connectivity index (χ2v) is 8.66. The summed E-state index contributed by atoms with van der Waals surface area (Å²) >= 11 is 1.75. The van der Waals surface area contributed by atoms with Gasteiger partial charge < -0.3 is 4.84 Å². The van der Waals surface area contributed by atoms with Crippen molar-refractivity contribution in [2.24, 2.45) is 5.16 Å². The first-order valence-electron chi connectivity index (χ1n) is 10.9. The van der Waals surface area contributed by atoms with Crippen molar-refractivity contribution >= 4 is 28.2 Å². The van der Waals surface area contributed by atoms with E-state index < -0.39 is 0 Å². The number of fused-ring (bicyclic) bond motifs is 1. The van der Waals surface area contributed by atoms with Gasteiger partial charge in [-0.2, -0.15) is 0 Å². The van der Waals surface area contributed by atoms with Gasteiger partial charge in [0.25, 0.3) is 0 Å². The van der Waals surface area contributed by atoms with Crippen molar-refractivity contribution in [1.29, 1.82) is 0 Å². The van der Waals surface area contributed by atoms with Crippen LogP contribution in [-0.4, -0.2) is 43.1 Å². The van der Waals surface area contributed by atoms with Crippen LogP contribution >= 0.6 is 11.8 Å². The van der Waals surface area contributed by atoms with Crippen LogP contribution in [0.1, 0.15) is 36.8 Å². The second kappa shape index (κ2) is 10.6. The standard InChI is InChI=1S/C26H30N2OS/c1-30-23-15-13-22(14-16-23)26(25-12-8-10-21-9-4-5-11-24(21)25)27-29-20-19-28-17-6-2-3-7-18-28/h4-5,8-16H,2-3,6-7,17-20H2,1H3/b27-26+. The Morgan fingerprint density at radius 1 is 0.900 bits per heavy atom. The first-order chi connectivity index (χ1) is 14.8. The summed E-state index contributed by atoms with van der Waals surface area (Å²) in [5.74, 6) is 0. The number of benzene rings is 3. The van der Waals surface area contributed by atoms with E-state index >= 15 is 0 Å². The highest BCUT2D eigenvalue weighted by Crippen LogP contribution is 2.24. The molecule has 0 radical (unpaired) electrons. The summed E-state index contributed by atoms with van der Waals surface area (Å²) in [6.07, 6.45) is 7.40. The molecule has 1 heterocycles. The molecule has 3 aromatic carbocycles. The highest BCUT2D eigenvalue weighted by Gasteiger charge is 2.13. The van der Waals surface area contributed by atoms with Crippen LogP contribution in [0, 0.1) is 0 Å². The molecule has 1 fully saturated rings. The zero-order chi connectivity index (χ0) is 20.6. The molecule has 0 atom stereocenters. The van der Waals surface area contributed by atoms with E-state index in [0.29, 0.717) is 6.61 Å². The summed E-state index contributed by atoms with van der Waals surface area (Å²) < 4.78 is 0. The van der Waals surface area contributed by atoms with Crippen molar-refractivity contribution in [3.05, 3.63) is 77.9 Å². The predicted molar refractivity (Wildman–Crippen MR) is 129 cm³/mol. The van der Waals surface area contributed by atoms with Crippen molar-refractivity contribution in [2.75, 3.05) is 32.5 Å². The first kappa shape index (κ1) is 21.0. The van der Waals surface area contributed by atoms with Crippen molar-refractivity contribution in [2.45, 2.75) is 30.6 Å². The maximum Gasteiger partial charge on any atom is 0.129 e. The molecule has 30 heavy (non-hydrogen) atoms. The second-order valence-electron chi connectivity index (χ2n) is 7.78. The van der Waals surface area contributed by atoms with Crippen LogP contribution in [0.2, 0.25) is 0 Å². The summed E-state index contributed by atoms with van der Waals surface area (Å²) in [7, 11) is 0. The molecule has 3 aromatic rings. The van der Waals surface area contributed by atoms with Gasteiger partial charge in [-0.15, -0.1) is 11.8 Å². The molecule has 1 aliphatic heterocycles. The molecular formula is C26H30N2OS. The molecule has 0 saturated carbocycles. The monoisotopic (exact) mass is 418 g/mol. The Morgan fingerprint density at radius 3 is 2.40 bits per heavy atom. The quantitative estimate of drug-likeness (QED) is 0.197. The van der Waals surface area contributed by atoms with Crippen molar-refractivity contribution in [1.82, 2.24) is 4.90 Å². The Morgan fingerprint density at radius 2 is 1.63 bits per heavy atom. The lowest BCUT2D eigenvalue weighted by Gasteiger charge is -2.18. The number of hydrogen-bond donors (Lipinski definition) is 0. The maximum atomic E-state index is 5.89. The summed E-state index contributed by atoms with van der Waals surface area (Å²) in [5, 5.41) is 7.07. The van der Waals surface area contributed by atoms with Gasteiger partial charge in [0, 0.05) is 22.6 Å². The predicted octanol–water partition coefficient (Wildman–Crippen LogP) is 6.21. The highest BCUT2D eigenvalue weighted by atomic mass is 32.2. The van der Waals surface area contributed by atoms with Gasteiger partial charge in [0.15, 0.2) is 0 Å². The average Bonchev–Trinajstić information content (AvgIpc) is 3.08. The van der Waals surface area contributed by atoms with Crippen LogP contribution in [0.3, 0.4) is 0 Å². The van der Waals surface area contributed by atoms with E-state index in [-0.39, 0.29) is 0 Å². The van der Waals surface area contributed by atoms with E-state index in [2.05, 4.69) is 83.0 Å². The van der Waals surface area contributed by atoms with E-state index in [4.69, 9.17) is 4.84 Å². The minimum absolute atomic E-state index is 0.622. The van der Waals surface area contributed by atoms with Crippen LogP contribution in [0.4, 0.5) is 0 Å². The van der Waals surface area contributed by atoms with Gasteiger partial charge in [-0.1, -0.05) is 72.6 Å². The number of thioether (sulfide) groups is 1. The Bertz CT molecular complexity index is 970. The van der Waals surface area contributed by atoms with Gasteiger partial charge in [-0.25, -0.2) is 0 Å². The Balaban J connectivity index is 1.59. The molecule has 0 aromatic heterocycles. The molecule has 0 bridgehead atoms. The van der Waals surface area contributed by atoms with Gasteiger partial charge in [0.1, 0.15) is 12.3 Å². The number of oxime groups is 1. The SMILES string of the molecule is CSc1ccc(/C(=N\OCCN2CCCCCC2)c2cccc3ccccc23)cc1. The van der Waals surface area contributed by atoms with Gasteiger partial charge >= 0.3 is 0 Å². The van der Waals surface area contributed by atoms with Crippen molar-refractivity contribution in [3.8, 4) is 0 Å². The van der Waals surface area contributed by atoms with Crippen LogP contribution in [-0.2, 0) is 4.84 Å². The van der Waals surface area contributed by atoms with E-state index in [9.17, 15) is 0 Å². The Hall–Kier alpha value is -2.30. The molecule has 0 unspecified atom stereocenters. The Labute approximate surface area is 184 Å². The third-order valence-electron chi connectivity index (χ3n) is 5.76. The molecule has 1 saturated heterocycles. The summed E-state index contributed by atoms with van der Waals surface area (Å²) in [6.45, 7) is 3.92. The maximum absolute atomic E-state index is 5.89. The zero-order valence-corrected chi connectivity index (χ0v) is 18.5. The normalized spacial score (nSPS) is 15.8. The minimum Gasteiger partial charge on any atom is -0.394 e. The van der Waals surface area contributed by atoms with Crippen LogP contribution in [0.15, 0.2) is 76.8 Å². The number of nitrogens with zero attached hydrogens (tertiary/aromatic N) is 2. The number of likely N-dealkylation sites (tertiary alicyclic amines) is 1. The molecule has 1 aliphatic rings. The summed E-state index contributed by atoms with van der Waals surface area (Å²) in [5.41, 5.74) is 3.09. The van der Waals surface area contributed by atoms with Gasteiger partial charge in [0.05, 0.1) is 0 Å². The number of rotatable bonds is 7. The van der Waals surface area contributed by atoms with Gasteiger partial charge in [-0.3, -0.25) is 4.90 Å². The molecule has 0 amide bonds. The van der Waals surface area contributed by atoms with Gasteiger partial charge in [-0.05, 0) is 55.1 Å². The van der Waals surface area contributed by atoms with Crippen molar-refractivity contribution in [3.63, 3.8) is 0 Å². The molecule has 0 aliphatic carbocycles. The molecular weight excluding hydrogens is 388 g/mol. The molecule has 0 spiro atoms. The molecule has 156 valence electrons. The van der Waals surface area contributed by atoms with E-state index in [1.165, 1.54) is 54.4 Å². The number of hydrogen-bond acceptors (Lipinski definition) is 4. The lowest BCUT2D eigenvalue weighted by molar-refractivity contribution is 0.112. The van der Waals surface area contributed by atoms with Crippen LogP contribution < -0.4 is 0 Å². The fourth-order valence-corrected chi connectivity index (χ4v) is 4.49. The van der Waals surface area contributed by atoms with E-state index in [1.807, 2.05) is 0 Å². The third-order valence-corrected chi connectivity index (χ3v) is 6.51. The van der Waals surface area contributed by atoms with E-state index in [1.54, 1.807) is 11.8 Å². The molecule has 0 N–H and O–H groups in total. The van der Waals surface area contributed by atoms with Crippen molar-refractivity contribution < 1.29 is 4.84 Å². The topological polar surface area (TPSA) is 24.8 Å². The lowest BCUT2D eigenvalue weighted by Crippen LogP contribution is -2.28. The fraction of sp³-hybridized carbons (Fsp3) is 0.346. The van der Waals surface area contributed by atoms with Crippen LogP contribution in [0.5, 0.6) is 0 Å². The smallest absolute Gasteiger partial charge is 0.129 e. The summed E-state index contributed by atoms with van der Waals surface area (Å²) in [4.78, 5) is 9.65. The van der Waals surface area contributed by atoms with Gasteiger partial charge in [0.2, 0.25) is 0 Å². The first-order valence-corrected chi connectivity index (χ1v) is 12.1. The zero-order valence-electron chi connectivity index (χ0n) is 17.7. The molecule has 4 heteroatoms. The average molecular weight is 419 g/mol. The largest absolute Gasteiger partial charge is 0.394 e. The Kier molecular flexibility index (Phi) is 7.44. The molecule has 4 rings (SSSR count). The summed E-state index contributed by atoms with van der Waals surface area (Å²) in [6, 6.07) is 23.4.